The maximum atomic E-state index is 7.35. The van der Waals surface area contributed by atoms with Crippen LogP contribution in [-0.4, -0.2) is 18.0 Å². The molecule has 0 aliphatic carbocycles. The van der Waals surface area contributed by atoms with E-state index in [1.54, 1.807) is 12.1 Å². The minimum atomic E-state index is -2.08. The number of rotatable bonds is 5. The first-order valence-electron chi connectivity index (χ1n) is 17.5. The fourth-order valence-electron chi connectivity index (χ4n) is 5.87. The van der Waals surface area contributed by atoms with Crippen molar-refractivity contribution in [2.24, 2.45) is 0 Å². The number of aromatic nitrogens is 2. The van der Waals surface area contributed by atoms with Gasteiger partial charge in [-0.05, 0) is 53.7 Å². The van der Waals surface area contributed by atoms with Gasteiger partial charge in [0.15, 0.2) is 0 Å². The fourth-order valence-corrected chi connectivity index (χ4v) is 6.90. The quantitative estimate of drug-likeness (QED) is 0.128. The van der Waals surface area contributed by atoms with Crippen LogP contribution in [0.5, 0.6) is 0 Å². The van der Waals surface area contributed by atoms with Gasteiger partial charge in [-0.15, -0.1) is 59.2 Å². The largest absolute Gasteiger partial charge is 0.500 e. The topological polar surface area (TPSA) is 38.9 Å². The van der Waals surface area contributed by atoms with Crippen LogP contribution in [0.25, 0.3) is 44.5 Å². The molecule has 0 N–H and O–H groups in total. The molecule has 0 aliphatic rings. The summed E-state index contributed by atoms with van der Waals surface area (Å²) in [6.07, 6.45) is 3.83. The Bertz CT molecular complexity index is 2210. The number of hydrogen-bond donors (Lipinski definition) is 0. The molecule has 3 aromatic heterocycles. The molecule has 245 valence electrons. The van der Waals surface area contributed by atoms with Crippen LogP contribution in [0, 0.1) is 32.8 Å². The van der Waals surface area contributed by atoms with Crippen molar-refractivity contribution in [3.63, 3.8) is 0 Å². The number of furan rings is 1. The van der Waals surface area contributed by atoms with Gasteiger partial charge in [-0.25, -0.2) is 0 Å². The first kappa shape index (κ1) is 31.1. The molecular weight excluding hydrogens is 781 g/mol. The normalized spacial score (nSPS) is 12.8. The van der Waals surface area contributed by atoms with Crippen molar-refractivity contribution in [3.8, 4) is 22.5 Å². The minimum Gasteiger partial charge on any atom is -0.500 e. The summed E-state index contributed by atoms with van der Waals surface area (Å²) in [4.78, 5) is 9.13. The summed E-state index contributed by atoms with van der Waals surface area (Å²) in [5.41, 5.74) is 10.6. The maximum Gasteiger partial charge on any atom is 0.120 e. The predicted octanol–water partition coefficient (Wildman–Crippen LogP) is 10.8. The van der Waals surface area contributed by atoms with Crippen molar-refractivity contribution in [1.29, 1.82) is 0 Å². The van der Waals surface area contributed by atoms with Gasteiger partial charge in [0.1, 0.15) is 5.58 Å². The van der Waals surface area contributed by atoms with Crippen molar-refractivity contribution in [3.05, 3.63) is 149 Å². The Morgan fingerprint density at radius 2 is 1.44 bits per heavy atom. The summed E-state index contributed by atoms with van der Waals surface area (Å²) >= 11 is 0. The van der Waals surface area contributed by atoms with Crippen LogP contribution >= 0.6 is 0 Å². The van der Waals surface area contributed by atoms with Crippen molar-refractivity contribution < 1.29 is 28.6 Å². The van der Waals surface area contributed by atoms with E-state index in [0.717, 1.165) is 44.5 Å². The second kappa shape index (κ2) is 14.1. The zero-order valence-electron chi connectivity index (χ0n) is 31.5. The Morgan fingerprint density at radius 1 is 0.688 bits per heavy atom. The van der Waals surface area contributed by atoms with E-state index in [2.05, 4.69) is 118 Å². The SMILES string of the molecule is Cc1cc(C)cc(C(C)(C)c2ccnc(-c3[c-]cc4oc5ccccc5c4c3)c2)c1.[2H]C([2H])([2H])c1c[c-]c(-c2ccc([Si](C)(C)C)cn2)cc1.[Ir]. The van der Waals surface area contributed by atoms with E-state index < -0.39 is 14.9 Å². The van der Waals surface area contributed by atoms with E-state index in [9.17, 15) is 0 Å². The smallest absolute Gasteiger partial charge is 0.120 e. The summed E-state index contributed by atoms with van der Waals surface area (Å²) in [5, 5.41) is 3.52. The standard InChI is InChI=1S/C28H24NO.C15H18NSi.Ir/c1-18-13-19(2)15-22(14-18)28(3,4)21-11-12-29-25(17-21)20-9-10-27-24(16-20)23-7-5-6-8-26(23)30-27;1-12-5-7-13(8-6-12)15-10-9-14(11-16-15)17(2,3)4;/h5-8,10-17H,1-4H3;5-7,9-11H,1-4H3;/q2*-1;/i;1D3;. The summed E-state index contributed by atoms with van der Waals surface area (Å²) in [6.45, 7) is 13.6. The molecule has 0 spiro atoms. The molecular formula is C43H42IrN2OSi-2. The van der Waals surface area contributed by atoms with Crippen LogP contribution < -0.4 is 5.19 Å². The molecule has 0 unspecified atom stereocenters. The van der Waals surface area contributed by atoms with Gasteiger partial charge in [0.2, 0.25) is 0 Å². The summed E-state index contributed by atoms with van der Waals surface area (Å²) in [5.74, 6) is 0. The zero-order chi connectivity index (χ0) is 35.8. The molecule has 3 nitrogen and oxygen atoms in total. The van der Waals surface area contributed by atoms with Crippen LogP contribution in [0.2, 0.25) is 19.6 Å². The van der Waals surface area contributed by atoms with E-state index in [4.69, 9.17) is 8.53 Å². The van der Waals surface area contributed by atoms with E-state index >= 15 is 0 Å². The molecule has 7 aromatic rings. The molecule has 0 aliphatic heterocycles. The monoisotopic (exact) mass is 826 g/mol. The van der Waals surface area contributed by atoms with Gasteiger partial charge in [-0.2, -0.15) is 0 Å². The Labute approximate surface area is 304 Å². The number of aryl methyl sites for hydroxylation is 3. The third-order valence-electron chi connectivity index (χ3n) is 8.73. The molecule has 0 saturated carbocycles. The summed E-state index contributed by atoms with van der Waals surface area (Å²) < 4.78 is 28.0. The van der Waals surface area contributed by atoms with Gasteiger partial charge < -0.3 is 14.4 Å². The molecule has 4 aromatic carbocycles. The number of nitrogens with zero attached hydrogens (tertiary/aromatic N) is 2. The maximum absolute atomic E-state index is 7.35. The number of hydrogen-bond acceptors (Lipinski definition) is 3. The Balaban J connectivity index is 0.000000211. The van der Waals surface area contributed by atoms with Gasteiger partial charge in [0.05, 0.1) is 13.7 Å². The van der Waals surface area contributed by atoms with Crippen LogP contribution in [0.3, 0.4) is 0 Å². The van der Waals surface area contributed by atoms with Gasteiger partial charge in [-0.3, -0.25) is 0 Å². The molecule has 7 rings (SSSR count). The minimum absolute atomic E-state index is 0. The van der Waals surface area contributed by atoms with Crippen molar-refractivity contribution in [2.45, 2.75) is 59.6 Å². The van der Waals surface area contributed by atoms with Gasteiger partial charge in [-0.1, -0.05) is 111 Å². The Kier molecular flexibility index (Phi) is 9.17. The summed E-state index contributed by atoms with van der Waals surface area (Å²) in [7, 11) is -1.34. The van der Waals surface area contributed by atoms with Gasteiger partial charge >= 0.3 is 0 Å². The first-order valence-corrected chi connectivity index (χ1v) is 19.5. The number of pyridine rings is 2. The fraction of sp³-hybridized carbons (Fsp3) is 0.209. The number of fused-ring (bicyclic) bond motifs is 3. The molecule has 5 heteroatoms. The van der Waals surface area contributed by atoms with Crippen molar-refractivity contribution in [1.82, 2.24) is 9.97 Å². The third-order valence-corrected chi connectivity index (χ3v) is 10.8. The molecule has 0 saturated heterocycles. The van der Waals surface area contributed by atoms with Crippen LogP contribution in [0.15, 0.2) is 114 Å². The molecule has 3 heterocycles. The second-order valence-electron chi connectivity index (χ2n) is 13.8. The average molecular weight is 826 g/mol. The molecule has 0 amide bonds. The average Bonchev–Trinajstić information content (AvgIpc) is 3.46. The van der Waals surface area contributed by atoms with Crippen LogP contribution in [0.1, 0.15) is 45.8 Å². The summed E-state index contributed by atoms with van der Waals surface area (Å²) in [6, 6.07) is 38.7. The molecule has 0 bridgehead atoms. The van der Waals surface area contributed by atoms with Crippen molar-refractivity contribution in [2.75, 3.05) is 0 Å². The van der Waals surface area contributed by atoms with E-state index in [0.29, 0.717) is 5.56 Å². The van der Waals surface area contributed by atoms with E-state index in [-0.39, 0.29) is 25.5 Å². The Morgan fingerprint density at radius 3 is 2.10 bits per heavy atom. The number of benzene rings is 4. The molecule has 0 atom stereocenters. The van der Waals surface area contributed by atoms with E-state index in [1.165, 1.54) is 33.5 Å². The van der Waals surface area contributed by atoms with Gasteiger partial charge in [0, 0.05) is 47.4 Å². The molecule has 1 radical (unpaired) electrons. The van der Waals surface area contributed by atoms with Crippen LogP contribution in [0.4, 0.5) is 0 Å². The first-order chi connectivity index (χ1) is 23.6. The van der Waals surface area contributed by atoms with Gasteiger partial charge in [0.25, 0.3) is 0 Å². The van der Waals surface area contributed by atoms with Crippen LogP contribution in [-0.2, 0) is 25.5 Å². The number of para-hydroxylation sites is 1. The Hall–Kier alpha value is -4.15. The van der Waals surface area contributed by atoms with E-state index in [1.807, 2.05) is 42.7 Å². The van der Waals surface area contributed by atoms with Crippen molar-refractivity contribution >= 4 is 35.2 Å². The zero-order valence-corrected chi connectivity index (χ0v) is 31.9. The second-order valence-corrected chi connectivity index (χ2v) is 18.9. The third kappa shape index (κ3) is 7.60. The molecule has 0 fully saturated rings. The molecule has 48 heavy (non-hydrogen) atoms. The predicted molar refractivity (Wildman–Crippen MR) is 200 cm³/mol.